The Bertz CT molecular complexity index is 787. The van der Waals surface area contributed by atoms with Gasteiger partial charge < -0.3 is 9.64 Å². The van der Waals surface area contributed by atoms with E-state index in [-0.39, 0.29) is 5.91 Å². The first-order valence-electron chi connectivity index (χ1n) is 9.79. The van der Waals surface area contributed by atoms with Crippen LogP contribution >= 0.6 is 0 Å². The lowest BCUT2D eigenvalue weighted by Gasteiger charge is -2.19. The number of carbonyl (C=O) groups is 1. The molecule has 2 fully saturated rings. The zero-order valence-electron chi connectivity index (χ0n) is 15.0. The fraction of sp³-hybridized carbons (Fsp3) is 0.524. The van der Waals surface area contributed by atoms with E-state index >= 15 is 0 Å². The van der Waals surface area contributed by atoms with E-state index in [1.807, 2.05) is 11.0 Å². The molecule has 2 aromatic rings. The van der Waals surface area contributed by atoms with E-state index in [1.165, 1.54) is 11.3 Å². The Morgan fingerprint density at radius 3 is 2.69 bits per heavy atom. The van der Waals surface area contributed by atoms with Crippen molar-refractivity contribution in [3.05, 3.63) is 52.8 Å². The van der Waals surface area contributed by atoms with Crippen LogP contribution < -0.4 is 0 Å². The number of carbonyl (C=O) groups excluding carboxylic acids is 1. The molecule has 3 atom stereocenters. The average Bonchev–Trinajstić information content (AvgIpc) is 3.39. The standard InChI is InChI=1S/C21H25N3O2/c25-21(20-18-7-4-8-19(18)22-23-20)24-11-15-9-17(10-16(15)12-24)26-13-14-5-2-1-3-6-14/h1-3,5-6,15-17H,4,7-13H2,(H,22,23)/t15-,16+,17?. The fourth-order valence-electron chi connectivity index (χ4n) is 4.98. The number of hydrogen-bond donors (Lipinski definition) is 1. The van der Waals surface area contributed by atoms with E-state index in [4.69, 9.17) is 4.74 Å². The van der Waals surface area contributed by atoms with Crippen molar-refractivity contribution in [1.29, 1.82) is 0 Å². The predicted molar refractivity (Wildman–Crippen MR) is 97.7 cm³/mol. The maximum Gasteiger partial charge on any atom is 0.274 e. The second-order valence-corrected chi connectivity index (χ2v) is 8.00. The number of benzene rings is 1. The highest BCUT2D eigenvalue weighted by Crippen LogP contribution is 2.40. The molecule has 0 bridgehead atoms. The molecule has 1 N–H and O–H groups in total. The molecule has 5 heteroatoms. The zero-order valence-corrected chi connectivity index (χ0v) is 15.0. The van der Waals surface area contributed by atoms with Gasteiger partial charge in [0.15, 0.2) is 5.69 Å². The van der Waals surface area contributed by atoms with Gasteiger partial charge in [-0.25, -0.2) is 0 Å². The van der Waals surface area contributed by atoms with Crippen LogP contribution in [0.1, 0.15) is 46.6 Å². The maximum atomic E-state index is 12.9. The highest BCUT2D eigenvalue weighted by molar-refractivity contribution is 5.94. The Morgan fingerprint density at radius 1 is 1.15 bits per heavy atom. The van der Waals surface area contributed by atoms with Gasteiger partial charge in [-0.15, -0.1) is 0 Å². The number of fused-ring (bicyclic) bond motifs is 2. The van der Waals surface area contributed by atoms with Gasteiger partial charge in [-0.3, -0.25) is 9.89 Å². The Labute approximate surface area is 153 Å². The Morgan fingerprint density at radius 2 is 1.92 bits per heavy atom. The number of aryl methyl sites for hydroxylation is 1. The molecule has 1 unspecified atom stereocenters. The molecule has 1 aromatic heterocycles. The number of H-pyrrole nitrogens is 1. The minimum absolute atomic E-state index is 0.126. The first kappa shape index (κ1) is 16.1. The van der Waals surface area contributed by atoms with Gasteiger partial charge in [0.25, 0.3) is 5.91 Å². The van der Waals surface area contributed by atoms with Crippen LogP contribution in [0, 0.1) is 11.8 Å². The number of ether oxygens (including phenoxy) is 1. The van der Waals surface area contributed by atoms with Crippen molar-refractivity contribution in [2.24, 2.45) is 11.8 Å². The molecule has 1 saturated carbocycles. The van der Waals surface area contributed by atoms with Crippen molar-refractivity contribution in [3.8, 4) is 0 Å². The van der Waals surface area contributed by atoms with Gasteiger partial charge in [0.1, 0.15) is 0 Å². The summed E-state index contributed by atoms with van der Waals surface area (Å²) in [6.45, 7) is 2.40. The Hall–Kier alpha value is -2.14. The summed E-state index contributed by atoms with van der Waals surface area (Å²) in [5.41, 5.74) is 4.24. The van der Waals surface area contributed by atoms with Gasteiger partial charge in [0, 0.05) is 24.3 Å². The number of rotatable bonds is 4. The number of amides is 1. The molecule has 26 heavy (non-hydrogen) atoms. The number of likely N-dealkylation sites (tertiary alicyclic amines) is 1. The van der Waals surface area contributed by atoms with Gasteiger partial charge >= 0.3 is 0 Å². The molecule has 1 amide bonds. The smallest absolute Gasteiger partial charge is 0.274 e. The van der Waals surface area contributed by atoms with E-state index in [1.54, 1.807) is 0 Å². The minimum atomic E-state index is 0.126. The van der Waals surface area contributed by atoms with Crippen LogP contribution in [0.5, 0.6) is 0 Å². The van der Waals surface area contributed by atoms with Crippen LogP contribution in [0.4, 0.5) is 0 Å². The molecule has 3 aliphatic rings. The van der Waals surface area contributed by atoms with Gasteiger partial charge in [-0.05, 0) is 49.5 Å². The lowest BCUT2D eigenvalue weighted by Crippen LogP contribution is -2.31. The van der Waals surface area contributed by atoms with Crippen LogP contribution in [0.2, 0.25) is 0 Å². The van der Waals surface area contributed by atoms with Gasteiger partial charge in [-0.2, -0.15) is 5.10 Å². The molecule has 0 radical (unpaired) electrons. The van der Waals surface area contributed by atoms with E-state index in [2.05, 4.69) is 34.5 Å². The molecule has 5 nitrogen and oxygen atoms in total. The first-order chi connectivity index (χ1) is 12.8. The van der Waals surface area contributed by atoms with E-state index in [0.29, 0.717) is 30.2 Å². The predicted octanol–water partition coefficient (Wildman–Crippen LogP) is 2.97. The third-order valence-corrected chi connectivity index (χ3v) is 6.33. The summed E-state index contributed by atoms with van der Waals surface area (Å²) in [7, 11) is 0. The normalized spacial score (nSPS) is 26.9. The monoisotopic (exact) mass is 351 g/mol. The van der Waals surface area contributed by atoms with Crippen molar-refractivity contribution in [1.82, 2.24) is 15.1 Å². The SMILES string of the molecule is O=C(c1n[nH]c2c1CCC2)N1C[C@H]2CC(OCc3ccccc3)C[C@H]2C1. The van der Waals surface area contributed by atoms with Crippen molar-refractivity contribution in [2.75, 3.05) is 13.1 Å². The summed E-state index contributed by atoms with van der Waals surface area (Å²) in [4.78, 5) is 14.9. The molecule has 1 saturated heterocycles. The van der Waals surface area contributed by atoms with Crippen molar-refractivity contribution >= 4 is 5.91 Å². The molecule has 2 aliphatic carbocycles. The minimum Gasteiger partial charge on any atom is -0.374 e. The van der Waals surface area contributed by atoms with Crippen LogP contribution in [-0.4, -0.2) is 40.2 Å². The van der Waals surface area contributed by atoms with Gasteiger partial charge in [0.05, 0.1) is 12.7 Å². The Balaban J connectivity index is 1.17. The highest BCUT2D eigenvalue weighted by Gasteiger charge is 2.43. The van der Waals surface area contributed by atoms with Crippen molar-refractivity contribution in [2.45, 2.75) is 44.8 Å². The highest BCUT2D eigenvalue weighted by atomic mass is 16.5. The average molecular weight is 351 g/mol. The maximum absolute atomic E-state index is 12.9. The molecule has 136 valence electrons. The van der Waals surface area contributed by atoms with E-state index < -0.39 is 0 Å². The second kappa shape index (κ2) is 6.54. The molecule has 1 aromatic carbocycles. The van der Waals surface area contributed by atoms with Gasteiger partial charge in [-0.1, -0.05) is 30.3 Å². The quantitative estimate of drug-likeness (QED) is 0.921. The molecule has 0 spiro atoms. The van der Waals surface area contributed by atoms with Crippen LogP contribution in [-0.2, 0) is 24.2 Å². The van der Waals surface area contributed by atoms with E-state index in [9.17, 15) is 4.79 Å². The molecular weight excluding hydrogens is 326 g/mol. The summed E-state index contributed by atoms with van der Waals surface area (Å²) in [5.74, 6) is 1.28. The number of hydrogen-bond acceptors (Lipinski definition) is 3. The van der Waals surface area contributed by atoms with E-state index in [0.717, 1.165) is 50.8 Å². The summed E-state index contributed by atoms with van der Waals surface area (Å²) < 4.78 is 6.13. The summed E-state index contributed by atoms with van der Waals surface area (Å²) >= 11 is 0. The molecule has 5 rings (SSSR count). The molecule has 2 heterocycles. The zero-order chi connectivity index (χ0) is 17.5. The van der Waals surface area contributed by atoms with Crippen molar-refractivity contribution < 1.29 is 9.53 Å². The summed E-state index contributed by atoms with van der Waals surface area (Å²) in [5, 5.41) is 7.38. The number of aromatic nitrogens is 2. The third kappa shape index (κ3) is 2.84. The van der Waals surface area contributed by atoms with Gasteiger partial charge in [0.2, 0.25) is 0 Å². The fourth-order valence-corrected chi connectivity index (χ4v) is 4.98. The number of nitrogens with one attached hydrogen (secondary N) is 1. The second-order valence-electron chi connectivity index (χ2n) is 8.00. The van der Waals surface area contributed by atoms with Crippen LogP contribution in [0.15, 0.2) is 30.3 Å². The lowest BCUT2D eigenvalue weighted by molar-refractivity contribution is 0.0367. The molecular formula is C21H25N3O2. The molecule has 1 aliphatic heterocycles. The largest absolute Gasteiger partial charge is 0.374 e. The number of nitrogens with zero attached hydrogens (tertiary/aromatic N) is 2. The number of aromatic amines is 1. The van der Waals surface area contributed by atoms with Crippen molar-refractivity contribution in [3.63, 3.8) is 0 Å². The summed E-state index contributed by atoms with van der Waals surface area (Å²) in [6, 6.07) is 10.4. The first-order valence-corrected chi connectivity index (χ1v) is 9.79. The lowest BCUT2D eigenvalue weighted by atomic mass is 10.0. The van der Waals surface area contributed by atoms with Crippen LogP contribution in [0.25, 0.3) is 0 Å². The topological polar surface area (TPSA) is 58.2 Å². The Kier molecular flexibility index (Phi) is 4.04. The summed E-state index contributed by atoms with van der Waals surface area (Å²) in [6.07, 6.45) is 5.62. The van der Waals surface area contributed by atoms with Crippen LogP contribution in [0.3, 0.4) is 0 Å². The third-order valence-electron chi connectivity index (χ3n) is 6.33.